The molecule has 0 aromatic heterocycles. The SMILES string of the molecule is ClC#CCCCCCCCCCCI. The van der Waals surface area contributed by atoms with E-state index in [1.807, 2.05) is 0 Å². The Morgan fingerprint density at radius 1 is 0.786 bits per heavy atom. The summed E-state index contributed by atoms with van der Waals surface area (Å²) in [6.07, 6.45) is 11.9. The van der Waals surface area contributed by atoms with E-state index in [2.05, 4.69) is 33.9 Å². The predicted molar refractivity (Wildman–Crippen MR) is 74.1 cm³/mol. The van der Waals surface area contributed by atoms with Gasteiger partial charge in [0.05, 0.1) is 0 Å². The van der Waals surface area contributed by atoms with Crippen LogP contribution in [0.25, 0.3) is 0 Å². The lowest BCUT2D eigenvalue weighted by Crippen LogP contribution is -1.81. The van der Waals surface area contributed by atoms with Gasteiger partial charge in [-0.25, -0.2) is 0 Å². The molecule has 0 saturated heterocycles. The molecule has 0 amide bonds. The predicted octanol–water partition coefficient (Wildman–Crippen LogP) is 5.13. The average Bonchev–Trinajstić information content (AvgIpc) is 2.21. The molecule has 0 bridgehead atoms. The molecule has 0 heterocycles. The van der Waals surface area contributed by atoms with Crippen molar-refractivity contribution in [2.75, 3.05) is 4.43 Å². The molecule has 2 heteroatoms. The molecule has 0 unspecified atom stereocenters. The average molecular weight is 327 g/mol. The first-order chi connectivity index (χ1) is 6.91. The zero-order valence-electron chi connectivity index (χ0n) is 8.83. The smallest absolute Gasteiger partial charge is 0.0101 e. The lowest BCUT2D eigenvalue weighted by atomic mass is 10.1. The van der Waals surface area contributed by atoms with Crippen LogP contribution in [0.5, 0.6) is 0 Å². The summed E-state index contributed by atoms with van der Waals surface area (Å²) in [5, 5.41) is 2.41. The van der Waals surface area contributed by atoms with E-state index in [0.717, 1.165) is 6.42 Å². The highest BCUT2D eigenvalue weighted by Gasteiger charge is 1.90. The summed E-state index contributed by atoms with van der Waals surface area (Å²) in [5.41, 5.74) is 0. The van der Waals surface area contributed by atoms with Gasteiger partial charge in [0.2, 0.25) is 0 Å². The molecule has 0 aliphatic carbocycles. The summed E-state index contributed by atoms with van der Waals surface area (Å²) < 4.78 is 1.31. The minimum absolute atomic E-state index is 0.971. The number of hydrogen-bond acceptors (Lipinski definition) is 0. The van der Waals surface area contributed by atoms with Gasteiger partial charge in [0.1, 0.15) is 0 Å². The zero-order valence-corrected chi connectivity index (χ0v) is 11.7. The van der Waals surface area contributed by atoms with Crippen LogP contribution in [-0.2, 0) is 0 Å². The molecule has 0 spiro atoms. The van der Waals surface area contributed by atoms with Crippen LogP contribution >= 0.6 is 34.2 Å². The van der Waals surface area contributed by atoms with Gasteiger partial charge >= 0.3 is 0 Å². The topological polar surface area (TPSA) is 0 Å². The Kier molecular flexibility index (Phi) is 14.1. The third-order valence-corrected chi connectivity index (χ3v) is 3.15. The highest BCUT2D eigenvalue weighted by Crippen LogP contribution is 2.09. The monoisotopic (exact) mass is 326 g/mol. The fraction of sp³-hybridized carbons (Fsp3) is 0.833. The Morgan fingerprint density at radius 3 is 1.79 bits per heavy atom. The Balaban J connectivity index is 2.87. The van der Waals surface area contributed by atoms with E-state index in [1.165, 1.54) is 55.8 Å². The highest BCUT2D eigenvalue weighted by atomic mass is 127. The number of alkyl halides is 1. The second-order valence-electron chi connectivity index (χ2n) is 3.54. The van der Waals surface area contributed by atoms with Crippen LogP contribution in [-0.4, -0.2) is 4.43 Å². The summed E-state index contributed by atoms with van der Waals surface area (Å²) in [5.74, 6) is 2.88. The molecule has 0 radical (unpaired) electrons. The van der Waals surface area contributed by atoms with Crippen LogP contribution in [0, 0.1) is 11.3 Å². The second-order valence-corrected chi connectivity index (χ2v) is 4.81. The van der Waals surface area contributed by atoms with Crippen LogP contribution in [0.1, 0.15) is 57.8 Å². The van der Waals surface area contributed by atoms with Gasteiger partial charge in [-0.2, -0.15) is 0 Å². The van der Waals surface area contributed by atoms with E-state index in [0.29, 0.717) is 0 Å². The molecule has 0 saturated carbocycles. The first-order valence-corrected chi connectivity index (χ1v) is 7.46. The molecular formula is C12H20ClI. The normalized spacial score (nSPS) is 9.57. The van der Waals surface area contributed by atoms with E-state index in [4.69, 9.17) is 11.6 Å². The molecule has 82 valence electrons. The van der Waals surface area contributed by atoms with Crippen LogP contribution in [0.15, 0.2) is 0 Å². The van der Waals surface area contributed by atoms with Crippen molar-refractivity contribution < 1.29 is 0 Å². The van der Waals surface area contributed by atoms with Crippen molar-refractivity contribution in [2.24, 2.45) is 0 Å². The van der Waals surface area contributed by atoms with Crippen molar-refractivity contribution in [1.29, 1.82) is 0 Å². The van der Waals surface area contributed by atoms with Gasteiger partial charge in [0.25, 0.3) is 0 Å². The molecular weight excluding hydrogens is 306 g/mol. The zero-order chi connectivity index (χ0) is 10.5. The molecule has 0 aliphatic rings. The van der Waals surface area contributed by atoms with Crippen molar-refractivity contribution in [3.8, 4) is 11.3 Å². The van der Waals surface area contributed by atoms with Crippen LogP contribution < -0.4 is 0 Å². The molecule has 0 fully saturated rings. The summed E-state index contributed by atoms with van der Waals surface area (Å²) in [4.78, 5) is 0. The van der Waals surface area contributed by atoms with Crippen molar-refractivity contribution in [1.82, 2.24) is 0 Å². The van der Waals surface area contributed by atoms with Crippen molar-refractivity contribution in [2.45, 2.75) is 57.8 Å². The standard InChI is InChI=1S/C12H20ClI/c13-11-9-7-5-3-1-2-4-6-8-10-12-14/h1-8,10,12H2. The maximum atomic E-state index is 5.25. The fourth-order valence-electron chi connectivity index (χ4n) is 1.42. The lowest BCUT2D eigenvalue weighted by Gasteiger charge is -1.99. The summed E-state index contributed by atoms with van der Waals surface area (Å²) in [7, 11) is 0. The molecule has 0 rings (SSSR count). The minimum atomic E-state index is 0.971. The summed E-state index contributed by atoms with van der Waals surface area (Å²) in [6, 6.07) is 0. The maximum absolute atomic E-state index is 5.25. The van der Waals surface area contributed by atoms with Gasteiger partial charge in [-0.3, -0.25) is 0 Å². The number of halogens is 2. The van der Waals surface area contributed by atoms with Crippen molar-refractivity contribution >= 4 is 34.2 Å². The lowest BCUT2D eigenvalue weighted by molar-refractivity contribution is 0.581. The van der Waals surface area contributed by atoms with Crippen molar-refractivity contribution in [3.05, 3.63) is 0 Å². The van der Waals surface area contributed by atoms with Gasteiger partial charge in [0, 0.05) is 11.8 Å². The molecule has 0 aromatic rings. The second kappa shape index (κ2) is 13.6. The van der Waals surface area contributed by atoms with Crippen LogP contribution in [0.2, 0.25) is 0 Å². The van der Waals surface area contributed by atoms with Gasteiger partial charge in [0.15, 0.2) is 0 Å². The Hall–Kier alpha value is 0.580. The first-order valence-electron chi connectivity index (χ1n) is 5.56. The number of unbranched alkanes of at least 4 members (excludes halogenated alkanes) is 8. The molecule has 14 heavy (non-hydrogen) atoms. The maximum Gasteiger partial charge on any atom is 0.0101 e. The van der Waals surface area contributed by atoms with E-state index >= 15 is 0 Å². The molecule has 0 aliphatic heterocycles. The summed E-state index contributed by atoms with van der Waals surface area (Å²) >= 11 is 7.70. The first kappa shape index (κ1) is 14.6. The van der Waals surface area contributed by atoms with E-state index in [-0.39, 0.29) is 0 Å². The van der Waals surface area contributed by atoms with Crippen LogP contribution in [0.3, 0.4) is 0 Å². The van der Waals surface area contributed by atoms with Gasteiger partial charge in [-0.1, -0.05) is 67.0 Å². The molecule has 0 N–H and O–H groups in total. The minimum Gasteiger partial charge on any atom is -0.0864 e. The van der Waals surface area contributed by atoms with Gasteiger partial charge in [-0.15, -0.1) is 0 Å². The van der Waals surface area contributed by atoms with Gasteiger partial charge < -0.3 is 0 Å². The Labute approximate surface area is 107 Å². The van der Waals surface area contributed by atoms with Gasteiger partial charge in [-0.05, 0) is 28.9 Å². The third-order valence-electron chi connectivity index (χ3n) is 2.25. The largest absolute Gasteiger partial charge is 0.0864 e. The molecule has 0 nitrogen and oxygen atoms in total. The number of hydrogen-bond donors (Lipinski definition) is 0. The Bertz CT molecular complexity index is 157. The summed E-state index contributed by atoms with van der Waals surface area (Å²) in [6.45, 7) is 0. The fourth-order valence-corrected chi connectivity index (χ4v) is 2.05. The highest BCUT2D eigenvalue weighted by molar-refractivity contribution is 14.1. The van der Waals surface area contributed by atoms with Crippen LogP contribution in [0.4, 0.5) is 0 Å². The third kappa shape index (κ3) is 12.6. The number of rotatable bonds is 9. The molecule has 0 aromatic carbocycles. The van der Waals surface area contributed by atoms with Crippen molar-refractivity contribution in [3.63, 3.8) is 0 Å². The van der Waals surface area contributed by atoms with E-state index in [9.17, 15) is 0 Å². The van der Waals surface area contributed by atoms with E-state index in [1.54, 1.807) is 0 Å². The quantitative estimate of drug-likeness (QED) is 0.238. The van der Waals surface area contributed by atoms with E-state index < -0.39 is 0 Å². The Morgan fingerprint density at radius 2 is 1.29 bits per heavy atom. The molecule has 0 atom stereocenters.